The number of amides is 1. The van der Waals surface area contributed by atoms with Crippen molar-refractivity contribution in [2.75, 3.05) is 7.11 Å². The summed E-state index contributed by atoms with van der Waals surface area (Å²) < 4.78 is 5.09. The van der Waals surface area contributed by atoms with Gasteiger partial charge in [-0.15, -0.1) is 0 Å². The lowest BCUT2D eigenvalue weighted by molar-refractivity contribution is -0.123. The Hall–Kier alpha value is -1.26. The van der Waals surface area contributed by atoms with Gasteiger partial charge in [-0.2, -0.15) is 0 Å². The van der Waals surface area contributed by atoms with Crippen LogP contribution in [0.4, 0.5) is 0 Å². The monoisotopic (exact) mass is 284 g/mol. The van der Waals surface area contributed by atoms with Gasteiger partial charge in [-0.3, -0.25) is 4.79 Å². The lowest BCUT2D eigenvalue weighted by Crippen LogP contribution is -2.44. The molecule has 5 heteroatoms. The fourth-order valence-corrected chi connectivity index (χ4v) is 1.87. The molecule has 2 N–H and O–H groups in total. The van der Waals surface area contributed by atoms with Gasteiger partial charge in [-0.1, -0.05) is 17.7 Å². The van der Waals surface area contributed by atoms with Crippen molar-refractivity contribution >= 4 is 17.5 Å². The van der Waals surface area contributed by atoms with Gasteiger partial charge in [-0.05, 0) is 38.5 Å². The molecule has 0 bridgehead atoms. The Morgan fingerprint density at radius 3 is 2.58 bits per heavy atom. The lowest BCUT2D eigenvalue weighted by atomic mass is 10.2. The minimum Gasteiger partial charge on any atom is -0.495 e. The predicted octanol–water partition coefficient (Wildman–Crippen LogP) is 2.35. The van der Waals surface area contributed by atoms with E-state index in [1.54, 1.807) is 7.11 Å². The zero-order valence-corrected chi connectivity index (χ0v) is 12.5. The van der Waals surface area contributed by atoms with E-state index in [0.717, 1.165) is 5.56 Å². The highest BCUT2D eigenvalue weighted by atomic mass is 35.5. The van der Waals surface area contributed by atoms with E-state index in [0.29, 0.717) is 17.3 Å². The average Bonchev–Trinajstić information content (AvgIpc) is 2.35. The standard InChI is InChI=1S/C14H21ClN2O2/c1-9(2)17-14(18)10(3)16-8-11-5-6-13(19-4)12(15)7-11/h5-7,9-10,16H,8H2,1-4H3,(H,17,18). The van der Waals surface area contributed by atoms with Crippen LogP contribution in [-0.2, 0) is 11.3 Å². The third-order valence-electron chi connectivity index (χ3n) is 2.65. The number of carbonyl (C=O) groups excluding carboxylic acids is 1. The van der Waals surface area contributed by atoms with E-state index in [-0.39, 0.29) is 18.0 Å². The van der Waals surface area contributed by atoms with Gasteiger partial charge in [0.25, 0.3) is 0 Å². The van der Waals surface area contributed by atoms with E-state index >= 15 is 0 Å². The molecule has 0 aromatic heterocycles. The maximum Gasteiger partial charge on any atom is 0.237 e. The van der Waals surface area contributed by atoms with Crippen LogP contribution in [0.3, 0.4) is 0 Å². The largest absolute Gasteiger partial charge is 0.495 e. The number of halogens is 1. The Bertz CT molecular complexity index is 435. The van der Waals surface area contributed by atoms with E-state index in [1.807, 2.05) is 39.0 Å². The molecule has 1 rings (SSSR count). The van der Waals surface area contributed by atoms with E-state index < -0.39 is 0 Å². The quantitative estimate of drug-likeness (QED) is 0.843. The van der Waals surface area contributed by atoms with Gasteiger partial charge in [0.2, 0.25) is 5.91 Å². The van der Waals surface area contributed by atoms with Crippen LogP contribution < -0.4 is 15.4 Å². The first-order valence-electron chi connectivity index (χ1n) is 6.30. The van der Waals surface area contributed by atoms with Crippen molar-refractivity contribution in [3.63, 3.8) is 0 Å². The molecule has 0 radical (unpaired) electrons. The SMILES string of the molecule is COc1ccc(CNC(C)C(=O)NC(C)C)cc1Cl. The first-order chi connectivity index (χ1) is 8.93. The number of hydrogen-bond donors (Lipinski definition) is 2. The molecule has 4 nitrogen and oxygen atoms in total. The van der Waals surface area contributed by atoms with E-state index in [1.165, 1.54) is 0 Å². The van der Waals surface area contributed by atoms with Gasteiger partial charge in [0.05, 0.1) is 18.2 Å². The molecule has 0 heterocycles. The summed E-state index contributed by atoms with van der Waals surface area (Å²) in [7, 11) is 1.58. The minimum atomic E-state index is -0.247. The zero-order valence-electron chi connectivity index (χ0n) is 11.8. The number of hydrogen-bond acceptors (Lipinski definition) is 3. The summed E-state index contributed by atoms with van der Waals surface area (Å²) in [4.78, 5) is 11.7. The summed E-state index contributed by atoms with van der Waals surface area (Å²) in [6.45, 7) is 6.29. The van der Waals surface area contributed by atoms with Gasteiger partial charge >= 0.3 is 0 Å². The summed E-state index contributed by atoms with van der Waals surface area (Å²) in [5.41, 5.74) is 1.01. The Balaban J connectivity index is 2.52. The van der Waals surface area contributed by atoms with Crippen molar-refractivity contribution in [3.05, 3.63) is 28.8 Å². The molecule has 0 saturated carbocycles. The molecule has 0 spiro atoms. The van der Waals surface area contributed by atoms with Crippen LogP contribution in [0.25, 0.3) is 0 Å². The topological polar surface area (TPSA) is 50.4 Å². The molecule has 1 aromatic carbocycles. The molecular weight excluding hydrogens is 264 g/mol. The average molecular weight is 285 g/mol. The highest BCUT2D eigenvalue weighted by Gasteiger charge is 2.12. The second kappa shape index (κ2) is 7.36. The van der Waals surface area contributed by atoms with Crippen LogP contribution in [0.15, 0.2) is 18.2 Å². The van der Waals surface area contributed by atoms with E-state index in [2.05, 4.69) is 10.6 Å². The van der Waals surface area contributed by atoms with Crippen LogP contribution in [0, 0.1) is 0 Å². The number of nitrogens with one attached hydrogen (secondary N) is 2. The van der Waals surface area contributed by atoms with Crippen LogP contribution in [-0.4, -0.2) is 25.1 Å². The van der Waals surface area contributed by atoms with E-state index in [9.17, 15) is 4.79 Å². The second-order valence-corrected chi connectivity index (χ2v) is 5.14. The molecule has 106 valence electrons. The molecule has 1 unspecified atom stereocenters. The Morgan fingerprint density at radius 2 is 2.05 bits per heavy atom. The molecule has 0 aliphatic rings. The Kier molecular flexibility index (Phi) is 6.12. The fraction of sp³-hybridized carbons (Fsp3) is 0.500. The number of rotatable bonds is 6. The van der Waals surface area contributed by atoms with Crippen LogP contribution >= 0.6 is 11.6 Å². The fourth-order valence-electron chi connectivity index (χ4n) is 1.59. The normalized spacial score (nSPS) is 12.3. The maximum atomic E-state index is 11.7. The number of benzene rings is 1. The summed E-state index contributed by atoms with van der Waals surface area (Å²) in [6.07, 6.45) is 0. The summed E-state index contributed by atoms with van der Waals surface area (Å²) in [5, 5.41) is 6.59. The molecule has 0 aliphatic carbocycles. The first kappa shape index (κ1) is 15.8. The summed E-state index contributed by atoms with van der Waals surface area (Å²) >= 11 is 6.04. The van der Waals surface area contributed by atoms with Gasteiger partial charge in [0.1, 0.15) is 5.75 Å². The third kappa shape index (κ3) is 5.09. The van der Waals surface area contributed by atoms with E-state index in [4.69, 9.17) is 16.3 Å². The molecule has 1 aromatic rings. The molecule has 1 atom stereocenters. The Labute approximate surface area is 119 Å². The molecule has 0 aliphatic heterocycles. The Morgan fingerprint density at radius 1 is 1.37 bits per heavy atom. The van der Waals surface area contributed by atoms with Gasteiger partial charge < -0.3 is 15.4 Å². The molecule has 1 amide bonds. The highest BCUT2D eigenvalue weighted by Crippen LogP contribution is 2.24. The van der Waals surface area contributed by atoms with Crippen LogP contribution in [0.5, 0.6) is 5.75 Å². The number of ether oxygens (including phenoxy) is 1. The van der Waals surface area contributed by atoms with Crippen molar-refractivity contribution in [1.29, 1.82) is 0 Å². The smallest absolute Gasteiger partial charge is 0.237 e. The minimum absolute atomic E-state index is 0.00499. The molecule has 0 saturated heterocycles. The third-order valence-corrected chi connectivity index (χ3v) is 2.95. The maximum absolute atomic E-state index is 11.7. The number of carbonyl (C=O) groups is 1. The van der Waals surface area contributed by atoms with Gasteiger partial charge in [0.15, 0.2) is 0 Å². The van der Waals surface area contributed by atoms with Crippen molar-refractivity contribution in [1.82, 2.24) is 10.6 Å². The van der Waals surface area contributed by atoms with Crippen LogP contribution in [0.1, 0.15) is 26.3 Å². The predicted molar refractivity (Wildman–Crippen MR) is 77.6 cm³/mol. The van der Waals surface area contributed by atoms with Gasteiger partial charge in [-0.25, -0.2) is 0 Å². The lowest BCUT2D eigenvalue weighted by Gasteiger charge is -2.16. The summed E-state index contributed by atoms with van der Waals surface area (Å²) in [6, 6.07) is 5.47. The van der Waals surface area contributed by atoms with Crippen molar-refractivity contribution in [3.8, 4) is 5.75 Å². The molecular formula is C14H21ClN2O2. The van der Waals surface area contributed by atoms with Crippen molar-refractivity contribution in [2.45, 2.75) is 39.4 Å². The second-order valence-electron chi connectivity index (χ2n) is 4.73. The van der Waals surface area contributed by atoms with Crippen molar-refractivity contribution < 1.29 is 9.53 Å². The first-order valence-corrected chi connectivity index (χ1v) is 6.68. The number of methoxy groups -OCH3 is 1. The van der Waals surface area contributed by atoms with Gasteiger partial charge in [0, 0.05) is 12.6 Å². The summed E-state index contributed by atoms with van der Waals surface area (Å²) in [5.74, 6) is 0.644. The highest BCUT2D eigenvalue weighted by molar-refractivity contribution is 6.32. The van der Waals surface area contributed by atoms with Crippen LogP contribution in [0.2, 0.25) is 5.02 Å². The van der Waals surface area contributed by atoms with Crippen molar-refractivity contribution in [2.24, 2.45) is 0 Å². The molecule has 0 fully saturated rings. The zero-order chi connectivity index (χ0) is 14.4. The molecule has 19 heavy (non-hydrogen) atoms.